The van der Waals surface area contributed by atoms with Crippen LogP contribution in [0.15, 0.2) is 60.7 Å². The van der Waals surface area contributed by atoms with Gasteiger partial charge in [0, 0.05) is 19.5 Å². The van der Waals surface area contributed by atoms with Gasteiger partial charge in [-0.3, -0.25) is 9.59 Å². The number of hydrogen-bond acceptors (Lipinski definition) is 3. The first-order valence-electron chi connectivity index (χ1n) is 9.20. The van der Waals surface area contributed by atoms with Crippen molar-refractivity contribution in [1.82, 2.24) is 4.90 Å². The van der Waals surface area contributed by atoms with Gasteiger partial charge in [-0.1, -0.05) is 60.7 Å². The molecule has 138 valence electrons. The van der Waals surface area contributed by atoms with Crippen molar-refractivity contribution in [3.05, 3.63) is 71.8 Å². The van der Waals surface area contributed by atoms with Crippen LogP contribution in [0.2, 0.25) is 0 Å². The molecule has 0 spiro atoms. The Morgan fingerprint density at radius 1 is 0.808 bits per heavy atom. The number of hydrogen-bond donors (Lipinski definition) is 0. The van der Waals surface area contributed by atoms with Crippen molar-refractivity contribution in [1.29, 1.82) is 0 Å². The summed E-state index contributed by atoms with van der Waals surface area (Å²) in [5, 5.41) is 0. The predicted octanol–water partition coefficient (Wildman–Crippen LogP) is 3.64. The molecule has 0 aromatic heterocycles. The van der Waals surface area contributed by atoms with Crippen molar-refractivity contribution < 1.29 is 14.3 Å². The second kappa shape index (κ2) is 11.1. The van der Waals surface area contributed by atoms with Gasteiger partial charge in [0.25, 0.3) is 0 Å². The zero-order valence-corrected chi connectivity index (χ0v) is 15.4. The molecule has 0 heterocycles. The van der Waals surface area contributed by atoms with Crippen LogP contribution in [0.3, 0.4) is 0 Å². The van der Waals surface area contributed by atoms with E-state index in [1.807, 2.05) is 48.5 Å². The van der Waals surface area contributed by atoms with Gasteiger partial charge in [0.2, 0.25) is 5.91 Å². The summed E-state index contributed by atoms with van der Waals surface area (Å²) in [6, 6.07) is 20.1. The molecule has 0 saturated heterocycles. The molecular weight excluding hydrogens is 326 g/mol. The molecule has 4 heteroatoms. The highest BCUT2D eigenvalue weighted by atomic mass is 16.5. The van der Waals surface area contributed by atoms with Crippen molar-refractivity contribution >= 4 is 11.9 Å². The van der Waals surface area contributed by atoms with Crippen LogP contribution in [-0.2, 0) is 27.2 Å². The molecule has 2 rings (SSSR count). The smallest absolute Gasteiger partial charge is 0.307 e. The zero-order chi connectivity index (χ0) is 18.6. The van der Waals surface area contributed by atoms with Gasteiger partial charge >= 0.3 is 5.97 Å². The summed E-state index contributed by atoms with van der Waals surface area (Å²) in [6.07, 6.45) is 2.17. The molecule has 0 fully saturated rings. The molecular formula is C22H27NO3. The minimum atomic E-state index is -0.256. The molecule has 4 nitrogen and oxygen atoms in total. The van der Waals surface area contributed by atoms with Crippen LogP contribution in [0, 0.1) is 0 Å². The van der Waals surface area contributed by atoms with E-state index in [4.69, 9.17) is 4.74 Å². The third kappa shape index (κ3) is 7.09. The summed E-state index contributed by atoms with van der Waals surface area (Å²) in [5.74, 6) is -0.179. The SMILES string of the molecule is CCOC(=O)CCN(CCc1ccccc1)C(=O)CCc1ccccc1. The predicted molar refractivity (Wildman–Crippen MR) is 103 cm³/mol. The normalized spacial score (nSPS) is 10.3. The van der Waals surface area contributed by atoms with E-state index in [-0.39, 0.29) is 18.3 Å². The first kappa shape index (κ1) is 19.7. The number of carbonyl (C=O) groups excluding carboxylic acids is 2. The number of esters is 1. The largest absolute Gasteiger partial charge is 0.466 e. The van der Waals surface area contributed by atoms with E-state index in [0.717, 1.165) is 12.0 Å². The molecule has 26 heavy (non-hydrogen) atoms. The van der Waals surface area contributed by atoms with E-state index in [9.17, 15) is 9.59 Å². The molecule has 0 unspecified atom stereocenters. The van der Waals surface area contributed by atoms with Crippen LogP contribution in [0.5, 0.6) is 0 Å². The standard InChI is InChI=1S/C22H27NO3/c1-2-26-22(25)16-18-23(17-15-20-11-7-4-8-12-20)21(24)14-13-19-9-5-3-6-10-19/h3-12H,2,13-18H2,1H3. The lowest BCUT2D eigenvalue weighted by atomic mass is 10.1. The second-order valence-electron chi connectivity index (χ2n) is 6.16. The molecule has 0 aliphatic heterocycles. The van der Waals surface area contributed by atoms with Gasteiger partial charge in [0.1, 0.15) is 0 Å². The Hall–Kier alpha value is -2.62. The van der Waals surface area contributed by atoms with Gasteiger partial charge in [-0.05, 0) is 30.9 Å². The molecule has 0 aliphatic carbocycles. The Kier molecular flexibility index (Phi) is 8.40. The van der Waals surface area contributed by atoms with Crippen molar-refractivity contribution in [2.45, 2.75) is 32.6 Å². The summed E-state index contributed by atoms with van der Waals surface area (Å²) < 4.78 is 4.99. The minimum Gasteiger partial charge on any atom is -0.466 e. The lowest BCUT2D eigenvalue weighted by molar-refractivity contribution is -0.144. The van der Waals surface area contributed by atoms with Gasteiger partial charge in [-0.25, -0.2) is 0 Å². The third-order valence-corrected chi connectivity index (χ3v) is 4.23. The first-order chi connectivity index (χ1) is 12.7. The molecule has 0 N–H and O–H groups in total. The van der Waals surface area contributed by atoms with Crippen molar-refractivity contribution in [2.24, 2.45) is 0 Å². The fraction of sp³-hybridized carbons (Fsp3) is 0.364. The summed E-state index contributed by atoms with van der Waals surface area (Å²) in [7, 11) is 0. The van der Waals surface area contributed by atoms with Crippen LogP contribution in [-0.4, -0.2) is 36.5 Å². The highest BCUT2D eigenvalue weighted by Gasteiger charge is 2.15. The maximum atomic E-state index is 12.7. The first-order valence-corrected chi connectivity index (χ1v) is 9.20. The molecule has 0 bridgehead atoms. The monoisotopic (exact) mass is 353 g/mol. The third-order valence-electron chi connectivity index (χ3n) is 4.23. The number of aryl methyl sites for hydroxylation is 1. The van der Waals surface area contributed by atoms with E-state index in [1.54, 1.807) is 11.8 Å². The summed E-state index contributed by atoms with van der Waals surface area (Å²) in [6.45, 7) is 3.16. The molecule has 0 aliphatic rings. The molecule has 2 aromatic rings. The Balaban J connectivity index is 1.91. The van der Waals surface area contributed by atoms with Gasteiger partial charge in [-0.2, -0.15) is 0 Å². The lowest BCUT2D eigenvalue weighted by Gasteiger charge is -2.22. The van der Waals surface area contributed by atoms with Crippen LogP contribution in [0.25, 0.3) is 0 Å². The minimum absolute atomic E-state index is 0.0779. The second-order valence-corrected chi connectivity index (χ2v) is 6.16. The van der Waals surface area contributed by atoms with Gasteiger partial charge in [0.15, 0.2) is 0 Å². The number of amides is 1. The summed E-state index contributed by atoms with van der Waals surface area (Å²) >= 11 is 0. The highest BCUT2D eigenvalue weighted by molar-refractivity contribution is 5.77. The Labute approximate surface area is 155 Å². The molecule has 0 atom stereocenters. The van der Waals surface area contributed by atoms with Gasteiger partial charge < -0.3 is 9.64 Å². The lowest BCUT2D eigenvalue weighted by Crippen LogP contribution is -2.35. The Morgan fingerprint density at radius 3 is 1.96 bits per heavy atom. The topological polar surface area (TPSA) is 46.6 Å². The number of ether oxygens (including phenoxy) is 1. The van der Waals surface area contributed by atoms with Crippen molar-refractivity contribution in [2.75, 3.05) is 19.7 Å². The van der Waals surface area contributed by atoms with Crippen LogP contribution in [0.4, 0.5) is 0 Å². The number of carbonyl (C=O) groups is 2. The highest BCUT2D eigenvalue weighted by Crippen LogP contribution is 2.08. The Morgan fingerprint density at radius 2 is 1.38 bits per heavy atom. The quantitative estimate of drug-likeness (QED) is 0.613. The number of nitrogens with zero attached hydrogens (tertiary/aromatic N) is 1. The van der Waals surface area contributed by atoms with Gasteiger partial charge in [0.05, 0.1) is 13.0 Å². The average Bonchev–Trinajstić information content (AvgIpc) is 2.68. The van der Waals surface area contributed by atoms with Crippen LogP contribution in [0.1, 0.15) is 30.9 Å². The molecule has 0 saturated carbocycles. The fourth-order valence-electron chi connectivity index (χ4n) is 2.78. The van der Waals surface area contributed by atoms with Crippen LogP contribution < -0.4 is 0 Å². The number of rotatable bonds is 10. The molecule has 1 amide bonds. The van der Waals surface area contributed by atoms with Crippen LogP contribution >= 0.6 is 0 Å². The average molecular weight is 353 g/mol. The maximum absolute atomic E-state index is 12.7. The fourth-order valence-corrected chi connectivity index (χ4v) is 2.78. The van der Waals surface area contributed by atoms with Gasteiger partial charge in [-0.15, -0.1) is 0 Å². The van der Waals surface area contributed by atoms with Crippen molar-refractivity contribution in [3.8, 4) is 0 Å². The number of benzene rings is 2. The maximum Gasteiger partial charge on any atom is 0.307 e. The molecule has 2 aromatic carbocycles. The zero-order valence-electron chi connectivity index (χ0n) is 15.4. The Bertz CT molecular complexity index is 670. The van der Waals surface area contributed by atoms with E-state index in [1.165, 1.54) is 5.56 Å². The van der Waals surface area contributed by atoms with E-state index >= 15 is 0 Å². The molecule has 0 radical (unpaired) electrons. The van der Waals surface area contributed by atoms with E-state index < -0.39 is 0 Å². The van der Waals surface area contributed by atoms with E-state index in [0.29, 0.717) is 32.5 Å². The van der Waals surface area contributed by atoms with E-state index in [2.05, 4.69) is 12.1 Å². The van der Waals surface area contributed by atoms with Crippen molar-refractivity contribution in [3.63, 3.8) is 0 Å². The summed E-state index contributed by atoms with van der Waals surface area (Å²) in [4.78, 5) is 26.1. The summed E-state index contributed by atoms with van der Waals surface area (Å²) in [5.41, 5.74) is 2.33.